The topological polar surface area (TPSA) is 55.1 Å². The van der Waals surface area contributed by atoms with Crippen LogP contribution in [-0.2, 0) is 13.2 Å². The zero-order valence-electron chi connectivity index (χ0n) is 10.8. The molecule has 1 heterocycles. The number of halogens is 4. The molecule has 0 radical (unpaired) electrons. The van der Waals surface area contributed by atoms with Crippen LogP contribution in [0.15, 0.2) is 24.4 Å². The molecular weight excluding hydrogens is 309 g/mol. The minimum Gasteiger partial charge on any atom is -0.388 e. The number of rotatable bonds is 3. The van der Waals surface area contributed by atoms with Crippen LogP contribution in [0, 0.1) is 0 Å². The summed E-state index contributed by atoms with van der Waals surface area (Å²) in [5.74, 6) is -0.758. The van der Waals surface area contributed by atoms with E-state index >= 15 is 0 Å². The van der Waals surface area contributed by atoms with Gasteiger partial charge in [0.15, 0.2) is 5.78 Å². The van der Waals surface area contributed by atoms with Gasteiger partial charge in [-0.15, -0.1) is 0 Å². The van der Waals surface area contributed by atoms with E-state index in [9.17, 15) is 18.0 Å². The molecule has 0 atom stereocenters. The van der Waals surface area contributed by atoms with Crippen molar-refractivity contribution in [3.8, 4) is 11.3 Å². The van der Waals surface area contributed by atoms with Crippen molar-refractivity contribution in [3.63, 3.8) is 0 Å². The molecule has 1 N–H and O–H groups in total. The number of hydrogen-bond acceptors (Lipinski definition) is 3. The number of alkyl halides is 3. The highest BCUT2D eigenvalue weighted by Crippen LogP contribution is 2.39. The molecule has 0 bridgehead atoms. The Balaban J connectivity index is 2.72. The first-order valence-electron chi connectivity index (χ1n) is 5.79. The Labute approximate surface area is 122 Å². The third kappa shape index (κ3) is 3.08. The van der Waals surface area contributed by atoms with Gasteiger partial charge in [-0.2, -0.15) is 18.3 Å². The van der Waals surface area contributed by atoms with E-state index in [1.165, 1.54) is 16.9 Å². The quantitative estimate of drug-likeness (QED) is 0.885. The van der Waals surface area contributed by atoms with Crippen molar-refractivity contribution < 1.29 is 23.1 Å². The zero-order chi connectivity index (χ0) is 15.8. The van der Waals surface area contributed by atoms with Crippen LogP contribution >= 0.6 is 11.6 Å². The van der Waals surface area contributed by atoms with E-state index in [4.69, 9.17) is 16.7 Å². The summed E-state index contributed by atoms with van der Waals surface area (Å²) in [6.07, 6.45) is -3.16. The molecule has 0 saturated heterocycles. The van der Waals surface area contributed by atoms with E-state index in [1.807, 2.05) is 0 Å². The van der Waals surface area contributed by atoms with Crippen LogP contribution in [0.3, 0.4) is 0 Å². The van der Waals surface area contributed by atoms with Gasteiger partial charge in [0.2, 0.25) is 0 Å². The third-order valence-corrected chi connectivity index (χ3v) is 3.16. The number of benzene rings is 1. The minimum absolute atomic E-state index is 0.0634. The first-order chi connectivity index (χ1) is 9.74. The fraction of sp³-hybridized carbons (Fsp3) is 0.231. The number of nitrogens with zero attached hydrogens (tertiary/aromatic N) is 2. The van der Waals surface area contributed by atoms with Crippen LogP contribution in [0.25, 0.3) is 11.3 Å². The Morgan fingerprint density at radius 1 is 1.43 bits per heavy atom. The van der Waals surface area contributed by atoms with Crippen LogP contribution < -0.4 is 0 Å². The molecule has 21 heavy (non-hydrogen) atoms. The Hall–Kier alpha value is -1.86. The van der Waals surface area contributed by atoms with Crippen molar-refractivity contribution in [3.05, 3.63) is 40.5 Å². The van der Waals surface area contributed by atoms with Gasteiger partial charge in [0.05, 0.1) is 16.3 Å². The molecule has 0 amide bonds. The lowest BCUT2D eigenvalue weighted by Crippen LogP contribution is -2.11. The summed E-state index contributed by atoms with van der Waals surface area (Å²) in [4.78, 5) is 11.5. The van der Waals surface area contributed by atoms with Crippen LogP contribution in [0.5, 0.6) is 0 Å². The van der Waals surface area contributed by atoms with Crippen molar-refractivity contribution in [1.29, 1.82) is 0 Å². The highest BCUT2D eigenvalue weighted by atomic mass is 35.5. The standard InChI is InChI=1S/C13H10ClF3N2O2/c1-19-3-2-11(18-19)7-4-8(12(21)6-20)10(14)5-9(7)13(15,16)17/h2-5,20H,6H2,1H3. The first kappa shape index (κ1) is 15.5. The second-order valence-corrected chi connectivity index (χ2v) is 4.74. The van der Waals surface area contributed by atoms with E-state index in [-0.39, 0.29) is 21.8 Å². The third-order valence-electron chi connectivity index (χ3n) is 2.85. The van der Waals surface area contributed by atoms with Gasteiger partial charge < -0.3 is 5.11 Å². The summed E-state index contributed by atoms with van der Waals surface area (Å²) in [6, 6.07) is 3.08. The number of Topliss-reactive ketones (excluding diaryl/α,β-unsaturated/α-hetero) is 1. The summed E-state index contributed by atoms with van der Waals surface area (Å²) >= 11 is 5.72. The maximum Gasteiger partial charge on any atom is 0.417 e. The fourth-order valence-corrected chi connectivity index (χ4v) is 2.15. The maximum atomic E-state index is 13.1. The van der Waals surface area contributed by atoms with Crippen LogP contribution in [-0.4, -0.2) is 27.3 Å². The molecule has 0 aliphatic heterocycles. The summed E-state index contributed by atoms with van der Waals surface area (Å²) in [5, 5.41) is 12.4. The monoisotopic (exact) mass is 318 g/mol. The molecule has 0 unspecified atom stereocenters. The summed E-state index contributed by atoms with van der Waals surface area (Å²) in [7, 11) is 1.56. The number of aliphatic hydroxyl groups is 1. The second kappa shape index (κ2) is 5.50. The lowest BCUT2D eigenvalue weighted by atomic mass is 9.99. The molecule has 112 valence electrons. The number of hydrogen-bond donors (Lipinski definition) is 1. The average Bonchev–Trinajstić information content (AvgIpc) is 2.83. The van der Waals surface area contributed by atoms with Crippen LogP contribution in [0.1, 0.15) is 15.9 Å². The van der Waals surface area contributed by atoms with Gasteiger partial charge in [-0.05, 0) is 18.2 Å². The number of carbonyl (C=O) groups is 1. The highest BCUT2D eigenvalue weighted by molar-refractivity contribution is 6.34. The van der Waals surface area contributed by atoms with Gasteiger partial charge in [-0.3, -0.25) is 9.48 Å². The number of ketones is 1. The molecule has 8 heteroatoms. The Kier molecular flexibility index (Phi) is 4.06. The maximum absolute atomic E-state index is 13.1. The molecule has 2 rings (SSSR count). The van der Waals surface area contributed by atoms with E-state index in [2.05, 4.69) is 5.10 Å². The van der Waals surface area contributed by atoms with Crippen molar-refractivity contribution >= 4 is 17.4 Å². The molecule has 0 fully saturated rings. The molecule has 0 saturated carbocycles. The van der Waals surface area contributed by atoms with Crippen molar-refractivity contribution in [1.82, 2.24) is 9.78 Å². The summed E-state index contributed by atoms with van der Waals surface area (Å²) in [6.45, 7) is -0.841. The average molecular weight is 319 g/mol. The fourth-order valence-electron chi connectivity index (χ4n) is 1.88. The van der Waals surface area contributed by atoms with E-state index < -0.39 is 24.1 Å². The van der Waals surface area contributed by atoms with Gasteiger partial charge in [0, 0.05) is 24.4 Å². The first-order valence-corrected chi connectivity index (χ1v) is 6.16. The summed E-state index contributed by atoms with van der Waals surface area (Å²) < 4.78 is 40.7. The number of aliphatic hydroxyl groups excluding tert-OH is 1. The SMILES string of the molecule is Cn1ccc(-c2cc(C(=O)CO)c(Cl)cc2C(F)(F)F)n1. The van der Waals surface area contributed by atoms with E-state index in [0.29, 0.717) is 6.07 Å². The lowest BCUT2D eigenvalue weighted by Gasteiger charge is -2.14. The minimum atomic E-state index is -4.64. The van der Waals surface area contributed by atoms with Gasteiger partial charge in [-0.1, -0.05) is 11.6 Å². The number of aromatic nitrogens is 2. The molecule has 0 aliphatic carbocycles. The highest BCUT2D eigenvalue weighted by Gasteiger charge is 2.35. The zero-order valence-corrected chi connectivity index (χ0v) is 11.5. The number of carbonyl (C=O) groups excluding carboxylic acids is 1. The van der Waals surface area contributed by atoms with Crippen LogP contribution in [0.4, 0.5) is 13.2 Å². The Morgan fingerprint density at radius 2 is 2.10 bits per heavy atom. The Morgan fingerprint density at radius 3 is 2.57 bits per heavy atom. The number of aryl methyl sites for hydroxylation is 1. The molecule has 1 aromatic carbocycles. The molecule has 4 nitrogen and oxygen atoms in total. The Bertz CT molecular complexity index is 695. The summed E-state index contributed by atoms with van der Waals surface area (Å²) in [5.41, 5.74) is -1.36. The molecule has 0 aliphatic rings. The van der Waals surface area contributed by atoms with E-state index in [1.54, 1.807) is 7.05 Å². The van der Waals surface area contributed by atoms with Gasteiger partial charge in [-0.25, -0.2) is 0 Å². The van der Waals surface area contributed by atoms with Gasteiger partial charge in [0.25, 0.3) is 0 Å². The van der Waals surface area contributed by atoms with Crippen LogP contribution in [0.2, 0.25) is 5.02 Å². The van der Waals surface area contributed by atoms with Gasteiger partial charge in [0.1, 0.15) is 6.61 Å². The van der Waals surface area contributed by atoms with Gasteiger partial charge >= 0.3 is 6.18 Å². The predicted octanol–water partition coefficient (Wildman–Crippen LogP) is 2.93. The largest absolute Gasteiger partial charge is 0.417 e. The van der Waals surface area contributed by atoms with Crippen molar-refractivity contribution in [2.75, 3.05) is 6.61 Å². The van der Waals surface area contributed by atoms with E-state index in [0.717, 1.165) is 6.07 Å². The smallest absolute Gasteiger partial charge is 0.388 e. The van der Waals surface area contributed by atoms with Crippen molar-refractivity contribution in [2.45, 2.75) is 6.18 Å². The van der Waals surface area contributed by atoms with Crippen molar-refractivity contribution in [2.24, 2.45) is 7.05 Å². The normalized spacial score (nSPS) is 11.7. The predicted molar refractivity (Wildman–Crippen MR) is 70.1 cm³/mol. The molecule has 2 aromatic rings. The molecule has 0 spiro atoms. The molecule has 1 aromatic heterocycles. The lowest BCUT2D eigenvalue weighted by molar-refractivity contribution is -0.137. The second-order valence-electron chi connectivity index (χ2n) is 4.33. The molecular formula is C13H10ClF3N2O2.